The molecule has 0 aliphatic carbocycles. The normalized spacial score (nSPS) is 11.9. The van der Waals surface area contributed by atoms with Gasteiger partial charge in [-0.05, 0) is 25.0 Å². The number of aliphatic carboxylic acids is 1. The lowest BCUT2D eigenvalue weighted by atomic mass is 10.1. The van der Waals surface area contributed by atoms with E-state index < -0.39 is 12.0 Å². The minimum absolute atomic E-state index is 0.215. The summed E-state index contributed by atoms with van der Waals surface area (Å²) in [4.78, 5) is 14.8. The zero-order valence-corrected chi connectivity index (χ0v) is 10.7. The van der Waals surface area contributed by atoms with Gasteiger partial charge in [0.1, 0.15) is 11.9 Å². The Kier molecular flexibility index (Phi) is 4.11. The molecule has 20 heavy (non-hydrogen) atoms. The maximum atomic E-state index is 10.7. The van der Waals surface area contributed by atoms with E-state index in [1.54, 1.807) is 25.3 Å². The van der Waals surface area contributed by atoms with Gasteiger partial charge >= 0.3 is 5.97 Å². The molecule has 0 spiro atoms. The molecule has 0 radical (unpaired) electrons. The number of carboxylic acid groups (broad SMARTS) is 1. The van der Waals surface area contributed by atoms with Gasteiger partial charge in [0.15, 0.2) is 5.82 Å². The van der Waals surface area contributed by atoms with Crippen LogP contribution in [0, 0.1) is 6.92 Å². The van der Waals surface area contributed by atoms with Gasteiger partial charge in [-0.1, -0.05) is 6.07 Å². The van der Waals surface area contributed by atoms with Crippen molar-refractivity contribution in [1.29, 1.82) is 0 Å². The molecule has 2 aromatic rings. The molecular formula is C11H13N7O2. The predicted molar refractivity (Wildman–Crippen MR) is 69.2 cm³/mol. The van der Waals surface area contributed by atoms with Crippen molar-refractivity contribution in [3.8, 4) is 0 Å². The summed E-state index contributed by atoms with van der Waals surface area (Å²) in [6.07, 6.45) is 1.76. The summed E-state index contributed by atoms with van der Waals surface area (Å²) in [7, 11) is 0. The summed E-state index contributed by atoms with van der Waals surface area (Å²) in [5.41, 5.74) is 6.17. The number of pyridine rings is 1. The Labute approximate surface area is 114 Å². The van der Waals surface area contributed by atoms with Gasteiger partial charge in [0, 0.05) is 6.20 Å². The summed E-state index contributed by atoms with van der Waals surface area (Å²) < 4.78 is 0. The van der Waals surface area contributed by atoms with Crippen molar-refractivity contribution in [2.45, 2.75) is 19.4 Å². The van der Waals surface area contributed by atoms with Gasteiger partial charge in [-0.2, -0.15) is 0 Å². The fraction of sp³-hybridized carbons (Fsp3) is 0.273. The van der Waals surface area contributed by atoms with E-state index in [2.05, 4.69) is 30.7 Å². The zero-order valence-electron chi connectivity index (χ0n) is 10.7. The summed E-state index contributed by atoms with van der Waals surface area (Å²) in [6.45, 7) is 1.68. The first kappa shape index (κ1) is 13.7. The van der Waals surface area contributed by atoms with Gasteiger partial charge in [0.25, 0.3) is 5.95 Å². The molecule has 0 fully saturated rings. The minimum atomic E-state index is -1.04. The Balaban J connectivity index is 2.01. The van der Waals surface area contributed by atoms with Gasteiger partial charge in [0.2, 0.25) is 0 Å². The summed E-state index contributed by atoms with van der Waals surface area (Å²) in [6, 6.07) is 2.46. The van der Waals surface area contributed by atoms with Crippen molar-refractivity contribution in [2.75, 3.05) is 5.32 Å². The third-order valence-corrected chi connectivity index (χ3v) is 2.42. The van der Waals surface area contributed by atoms with Crippen LogP contribution in [0.4, 0.5) is 11.8 Å². The number of aromatic nitrogens is 5. The molecule has 104 valence electrons. The number of nitrogens with two attached hydrogens (primary N) is 1. The largest absolute Gasteiger partial charge is 0.480 e. The highest BCUT2D eigenvalue weighted by Gasteiger charge is 2.12. The number of hydrogen-bond donors (Lipinski definition) is 3. The molecule has 0 aliphatic rings. The fourth-order valence-electron chi connectivity index (χ4n) is 1.40. The average molecular weight is 275 g/mol. The smallest absolute Gasteiger partial charge is 0.320 e. The van der Waals surface area contributed by atoms with Gasteiger partial charge in [-0.3, -0.25) is 4.79 Å². The molecule has 1 atom stereocenters. The first-order chi connectivity index (χ1) is 9.54. The van der Waals surface area contributed by atoms with E-state index >= 15 is 0 Å². The highest BCUT2D eigenvalue weighted by molar-refractivity contribution is 5.73. The molecule has 0 saturated heterocycles. The van der Waals surface area contributed by atoms with Crippen LogP contribution in [-0.2, 0) is 11.2 Å². The van der Waals surface area contributed by atoms with E-state index in [1.807, 2.05) is 0 Å². The number of anilines is 2. The minimum Gasteiger partial charge on any atom is -0.480 e. The molecule has 0 bridgehead atoms. The lowest BCUT2D eigenvalue weighted by Crippen LogP contribution is -2.32. The number of hydrogen-bond acceptors (Lipinski definition) is 8. The highest BCUT2D eigenvalue weighted by atomic mass is 16.4. The van der Waals surface area contributed by atoms with Crippen LogP contribution >= 0.6 is 0 Å². The Bertz CT molecular complexity index is 585. The second kappa shape index (κ2) is 5.97. The second-order valence-corrected chi connectivity index (χ2v) is 4.10. The third-order valence-electron chi connectivity index (χ3n) is 2.42. The SMILES string of the molecule is Cc1nnc(Nc2ccc(CC(N)C(=O)O)cn2)nn1. The molecule has 0 saturated carbocycles. The number of aryl methyl sites for hydroxylation is 1. The third kappa shape index (κ3) is 3.65. The van der Waals surface area contributed by atoms with Crippen molar-refractivity contribution < 1.29 is 9.90 Å². The van der Waals surface area contributed by atoms with E-state index in [0.717, 1.165) is 5.56 Å². The number of carbonyl (C=O) groups is 1. The summed E-state index contributed by atoms with van der Waals surface area (Å²) in [5, 5.41) is 26.7. The standard InChI is InChI=1S/C11H13N7O2/c1-6-15-17-11(18-16-6)14-9-3-2-7(5-13-9)4-8(12)10(19)20/h2-3,5,8H,4,12H2,1H3,(H,19,20)(H,13,14,17,18). The number of nitrogens with one attached hydrogen (secondary N) is 1. The van der Waals surface area contributed by atoms with Crippen molar-refractivity contribution in [2.24, 2.45) is 5.73 Å². The molecule has 9 heteroatoms. The van der Waals surface area contributed by atoms with Gasteiger partial charge < -0.3 is 16.2 Å². The maximum absolute atomic E-state index is 10.7. The van der Waals surface area contributed by atoms with Crippen LogP contribution in [0.5, 0.6) is 0 Å². The Morgan fingerprint density at radius 3 is 2.60 bits per heavy atom. The number of nitrogens with zero attached hydrogens (tertiary/aromatic N) is 5. The van der Waals surface area contributed by atoms with Crippen molar-refractivity contribution in [3.63, 3.8) is 0 Å². The van der Waals surface area contributed by atoms with Crippen LogP contribution in [-0.4, -0.2) is 42.5 Å². The molecule has 2 aromatic heterocycles. The van der Waals surface area contributed by atoms with Crippen molar-refractivity contribution in [3.05, 3.63) is 29.7 Å². The van der Waals surface area contributed by atoms with E-state index in [-0.39, 0.29) is 12.4 Å². The molecular weight excluding hydrogens is 262 g/mol. The Morgan fingerprint density at radius 2 is 2.05 bits per heavy atom. The molecule has 4 N–H and O–H groups in total. The average Bonchev–Trinajstić information content (AvgIpc) is 2.43. The van der Waals surface area contributed by atoms with Crippen LogP contribution in [0.2, 0.25) is 0 Å². The summed E-state index contributed by atoms with van der Waals surface area (Å²) in [5.74, 6) is 0.169. The van der Waals surface area contributed by atoms with E-state index in [1.165, 1.54) is 0 Å². The molecule has 1 unspecified atom stereocenters. The first-order valence-corrected chi connectivity index (χ1v) is 5.79. The monoisotopic (exact) mass is 275 g/mol. The second-order valence-electron chi connectivity index (χ2n) is 4.10. The number of carboxylic acids is 1. The topological polar surface area (TPSA) is 140 Å². The molecule has 0 aliphatic heterocycles. The van der Waals surface area contributed by atoms with Gasteiger partial charge in [-0.25, -0.2) is 4.98 Å². The lowest BCUT2D eigenvalue weighted by Gasteiger charge is -2.07. The Hall–Kier alpha value is -2.68. The molecule has 2 rings (SSSR count). The number of rotatable bonds is 5. The summed E-state index contributed by atoms with van der Waals surface area (Å²) >= 11 is 0. The maximum Gasteiger partial charge on any atom is 0.320 e. The zero-order chi connectivity index (χ0) is 14.5. The highest BCUT2D eigenvalue weighted by Crippen LogP contribution is 2.10. The molecule has 2 heterocycles. The first-order valence-electron chi connectivity index (χ1n) is 5.79. The molecule has 0 amide bonds. The van der Waals surface area contributed by atoms with Gasteiger partial charge in [0.05, 0.1) is 0 Å². The van der Waals surface area contributed by atoms with Gasteiger partial charge in [-0.15, -0.1) is 20.4 Å². The van der Waals surface area contributed by atoms with Crippen LogP contribution in [0.25, 0.3) is 0 Å². The van der Waals surface area contributed by atoms with Crippen LogP contribution < -0.4 is 11.1 Å². The predicted octanol–water partition coefficient (Wildman–Crippen LogP) is -0.332. The van der Waals surface area contributed by atoms with E-state index in [0.29, 0.717) is 11.6 Å². The van der Waals surface area contributed by atoms with E-state index in [4.69, 9.17) is 10.8 Å². The van der Waals surface area contributed by atoms with Crippen LogP contribution in [0.3, 0.4) is 0 Å². The van der Waals surface area contributed by atoms with Crippen molar-refractivity contribution >= 4 is 17.7 Å². The lowest BCUT2D eigenvalue weighted by molar-refractivity contribution is -0.138. The Morgan fingerprint density at radius 1 is 1.35 bits per heavy atom. The van der Waals surface area contributed by atoms with E-state index in [9.17, 15) is 4.79 Å². The fourth-order valence-corrected chi connectivity index (χ4v) is 1.40. The van der Waals surface area contributed by atoms with Crippen LogP contribution in [0.1, 0.15) is 11.4 Å². The van der Waals surface area contributed by atoms with Crippen molar-refractivity contribution in [1.82, 2.24) is 25.4 Å². The molecule has 9 nitrogen and oxygen atoms in total. The van der Waals surface area contributed by atoms with Crippen LogP contribution in [0.15, 0.2) is 18.3 Å². The molecule has 0 aromatic carbocycles. The quantitative estimate of drug-likeness (QED) is 0.668.